The van der Waals surface area contributed by atoms with E-state index >= 15 is 0 Å². The molecule has 1 heterocycles. The molecule has 23 heavy (non-hydrogen) atoms. The summed E-state index contributed by atoms with van der Waals surface area (Å²) in [5.74, 6) is -0.607. The first-order chi connectivity index (χ1) is 10.8. The lowest BCUT2D eigenvalue weighted by Crippen LogP contribution is -2.46. The van der Waals surface area contributed by atoms with Gasteiger partial charge in [0.1, 0.15) is 11.8 Å². The van der Waals surface area contributed by atoms with Gasteiger partial charge in [-0.2, -0.15) is 0 Å². The average Bonchev–Trinajstić information content (AvgIpc) is 2.45. The number of nitrogens with one attached hydrogen (secondary N) is 3. The van der Waals surface area contributed by atoms with Crippen LogP contribution in [0.1, 0.15) is 20.8 Å². The zero-order valence-corrected chi connectivity index (χ0v) is 13.8. The zero-order valence-electron chi connectivity index (χ0n) is 13.0. The van der Waals surface area contributed by atoms with Crippen molar-refractivity contribution < 1.29 is 19.1 Å². The number of amides is 3. The molecule has 1 aromatic rings. The van der Waals surface area contributed by atoms with Crippen LogP contribution in [0.2, 0.25) is 5.02 Å². The van der Waals surface area contributed by atoms with Crippen molar-refractivity contribution in [3.8, 4) is 5.75 Å². The summed E-state index contributed by atoms with van der Waals surface area (Å²) in [7, 11) is 0. The fraction of sp³-hybridized carbons (Fsp3) is 0.400. The van der Waals surface area contributed by atoms with Gasteiger partial charge >= 0.3 is 0 Å². The van der Waals surface area contributed by atoms with Crippen molar-refractivity contribution in [1.82, 2.24) is 5.32 Å². The van der Waals surface area contributed by atoms with Crippen molar-refractivity contribution in [2.75, 3.05) is 17.2 Å². The maximum Gasteiger partial charge on any atom is 0.262 e. The van der Waals surface area contributed by atoms with Gasteiger partial charge in [0.15, 0.2) is 6.61 Å². The van der Waals surface area contributed by atoms with Crippen molar-refractivity contribution in [1.29, 1.82) is 0 Å². The van der Waals surface area contributed by atoms with Crippen molar-refractivity contribution >= 4 is 40.7 Å². The van der Waals surface area contributed by atoms with Gasteiger partial charge in [-0.15, -0.1) is 0 Å². The first-order valence-electron chi connectivity index (χ1n) is 7.12. The third kappa shape index (κ3) is 4.13. The highest BCUT2D eigenvalue weighted by Gasteiger charge is 2.25. The number of anilines is 2. The summed E-state index contributed by atoms with van der Waals surface area (Å²) in [4.78, 5) is 34.9. The van der Waals surface area contributed by atoms with Crippen molar-refractivity contribution in [2.24, 2.45) is 5.92 Å². The Balaban J connectivity index is 2.20. The van der Waals surface area contributed by atoms with Crippen LogP contribution in [0, 0.1) is 5.92 Å². The van der Waals surface area contributed by atoms with E-state index in [0.717, 1.165) is 0 Å². The fourth-order valence-electron chi connectivity index (χ4n) is 2.16. The van der Waals surface area contributed by atoms with Crippen LogP contribution in [0.5, 0.6) is 5.75 Å². The summed E-state index contributed by atoms with van der Waals surface area (Å²) in [6.45, 7) is 4.91. The summed E-state index contributed by atoms with van der Waals surface area (Å²) < 4.78 is 5.29. The van der Waals surface area contributed by atoms with Gasteiger partial charge in [-0.3, -0.25) is 14.4 Å². The predicted octanol–water partition coefficient (Wildman–Crippen LogP) is 1.77. The van der Waals surface area contributed by atoms with E-state index in [0.29, 0.717) is 17.1 Å². The highest BCUT2D eigenvalue weighted by atomic mass is 35.5. The lowest BCUT2D eigenvalue weighted by Gasteiger charge is -2.23. The van der Waals surface area contributed by atoms with E-state index in [1.54, 1.807) is 6.07 Å². The summed E-state index contributed by atoms with van der Waals surface area (Å²) in [6, 6.07) is 2.37. The highest BCUT2D eigenvalue weighted by Crippen LogP contribution is 2.36. The molecule has 1 aliphatic rings. The van der Waals surface area contributed by atoms with E-state index in [9.17, 15) is 14.4 Å². The molecule has 8 heteroatoms. The number of hydrogen-bond acceptors (Lipinski definition) is 4. The van der Waals surface area contributed by atoms with Gasteiger partial charge in [-0.1, -0.05) is 25.4 Å². The SMILES string of the molecule is CC(=O)N[C@H](C(=O)Nc1cc2c(cc1Cl)NC(=O)CO2)C(C)C. The molecule has 0 aromatic heterocycles. The van der Waals surface area contributed by atoms with Crippen LogP contribution in [0.15, 0.2) is 12.1 Å². The summed E-state index contributed by atoms with van der Waals surface area (Å²) >= 11 is 6.13. The van der Waals surface area contributed by atoms with Gasteiger partial charge in [0.05, 0.1) is 16.4 Å². The first-order valence-corrected chi connectivity index (χ1v) is 7.50. The quantitative estimate of drug-likeness (QED) is 0.778. The molecule has 1 aliphatic heterocycles. The maximum atomic E-state index is 12.4. The van der Waals surface area contributed by atoms with Crippen LogP contribution in [0.25, 0.3) is 0 Å². The lowest BCUT2D eigenvalue weighted by molar-refractivity contribution is -0.126. The van der Waals surface area contributed by atoms with Crippen LogP contribution in [0.3, 0.4) is 0 Å². The number of ether oxygens (including phenoxy) is 1. The molecule has 0 saturated heterocycles. The molecule has 0 saturated carbocycles. The molecule has 1 atom stereocenters. The maximum absolute atomic E-state index is 12.4. The second kappa shape index (κ2) is 6.87. The summed E-state index contributed by atoms with van der Waals surface area (Å²) in [5.41, 5.74) is 0.800. The van der Waals surface area contributed by atoms with Crippen molar-refractivity contribution in [3.63, 3.8) is 0 Å². The zero-order chi connectivity index (χ0) is 17.1. The van der Waals surface area contributed by atoms with E-state index in [2.05, 4.69) is 16.0 Å². The molecule has 0 unspecified atom stereocenters. The molecular formula is C15H18ClN3O4. The molecule has 0 radical (unpaired) electrons. The standard InChI is InChI=1S/C15H18ClN3O4/c1-7(2)14(17-8(3)20)15(22)19-10-5-12-11(4-9(10)16)18-13(21)6-23-12/h4-5,7,14H,6H2,1-3H3,(H,17,20)(H,18,21)(H,19,22)/t14-/m0/s1. The van der Waals surface area contributed by atoms with E-state index < -0.39 is 6.04 Å². The monoisotopic (exact) mass is 339 g/mol. The van der Waals surface area contributed by atoms with Crippen LogP contribution < -0.4 is 20.7 Å². The van der Waals surface area contributed by atoms with E-state index in [1.807, 2.05) is 13.8 Å². The number of carbonyl (C=O) groups is 3. The molecule has 3 amide bonds. The van der Waals surface area contributed by atoms with Gasteiger partial charge in [-0.05, 0) is 12.0 Å². The predicted molar refractivity (Wildman–Crippen MR) is 86.6 cm³/mol. The lowest BCUT2D eigenvalue weighted by atomic mass is 10.0. The topological polar surface area (TPSA) is 96.5 Å². The average molecular weight is 340 g/mol. The molecule has 0 spiro atoms. The van der Waals surface area contributed by atoms with E-state index in [-0.39, 0.29) is 35.3 Å². The molecular weight excluding hydrogens is 322 g/mol. The third-order valence-corrected chi connectivity index (χ3v) is 3.58. The van der Waals surface area contributed by atoms with Gasteiger partial charge in [0.2, 0.25) is 11.8 Å². The molecule has 0 fully saturated rings. The van der Waals surface area contributed by atoms with Crippen LogP contribution in [-0.4, -0.2) is 30.4 Å². The Hall–Kier alpha value is -2.28. The Morgan fingerprint density at radius 1 is 1.35 bits per heavy atom. The Morgan fingerprint density at radius 2 is 2.04 bits per heavy atom. The number of carbonyl (C=O) groups excluding carboxylic acids is 3. The van der Waals surface area contributed by atoms with Crippen LogP contribution >= 0.6 is 11.6 Å². The van der Waals surface area contributed by atoms with Crippen molar-refractivity contribution in [3.05, 3.63) is 17.2 Å². The Labute approximate surface area is 138 Å². The smallest absolute Gasteiger partial charge is 0.262 e. The largest absolute Gasteiger partial charge is 0.482 e. The Bertz CT molecular complexity index is 660. The van der Waals surface area contributed by atoms with E-state index in [1.165, 1.54) is 13.0 Å². The molecule has 0 bridgehead atoms. The number of halogens is 1. The summed E-state index contributed by atoms with van der Waals surface area (Å²) in [6.07, 6.45) is 0. The van der Waals surface area contributed by atoms with E-state index in [4.69, 9.17) is 16.3 Å². The minimum atomic E-state index is -0.680. The molecule has 0 aliphatic carbocycles. The molecule has 3 N–H and O–H groups in total. The number of hydrogen-bond donors (Lipinski definition) is 3. The Kier molecular flexibility index (Phi) is 5.10. The Morgan fingerprint density at radius 3 is 2.65 bits per heavy atom. The first kappa shape index (κ1) is 17.1. The highest BCUT2D eigenvalue weighted by molar-refractivity contribution is 6.34. The fourth-order valence-corrected chi connectivity index (χ4v) is 2.37. The molecule has 2 rings (SSSR count). The van der Waals surface area contributed by atoms with Crippen molar-refractivity contribution in [2.45, 2.75) is 26.8 Å². The number of rotatable bonds is 4. The number of benzene rings is 1. The van der Waals surface area contributed by atoms with Crippen LogP contribution in [0.4, 0.5) is 11.4 Å². The van der Waals surface area contributed by atoms with Gasteiger partial charge in [0, 0.05) is 13.0 Å². The molecule has 1 aromatic carbocycles. The second-order valence-electron chi connectivity index (χ2n) is 5.58. The second-order valence-corrected chi connectivity index (χ2v) is 5.98. The molecule has 124 valence electrons. The van der Waals surface area contributed by atoms with Crippen LogP contribution in [-0.2, 0) is 14.4 Å². The molecule has 7 nitrogen and oxygen atoms in total. The minimum Gasteiger partial charge on any atom is -0.482 e. The van der Waals surface area contributed by atoms with Gasteiger partial charge < -0.3 is 20.7 Å². The summed E-state index contributed by atoms with van der Waals surface area (Å²) in [5, 5.41) is 8.17. The minimum absolute atomic E-state index is 0.0918. The van der Waals surface area contributed by atoms with Gasteiger partial charge in [0.25, 0.3) is 5.91 Å². The normalized spacial score (nSPS) is 14.4. The van der Waals surface area contributed by atoms with Gasteiger partial charge in [-0.25, -0.2) is 0 Å². The number of fused-ring (bicyclic) bond motifs is 1. The third-order valence-electron chi connectivity index (χ3n) is 3.27.